The number of hydrogen-bond donors (Lipinski definition) is 4. The molecule has 0 bridgehead atoms. The van der Waals surface area contributed by atoms with E-state index in [4.69, 9.17) is 0 Å². The number of imidazole rings is 1. The molecule has 2 rings (SSSR count). The summed E-state index contributed by atoms with van der Waals surface area (Å²) in [6.45, 7) is 0. The molecular weight excluding hydrogens is 290 g/mol. The van der Waals surface area contributed by atoms with Crippen molar-refractivity contribution in [2.45, 2.75) is 38.1 Å². The zero-order valence-electron chi connectivity index (χ0n) is 12.0. The summed E-state index contributed by atoms with van der Waals surface area (Å²) in [5.74, 6) is -4.07. The molecule has 1 aliphatic carbocycles. The van der Waals surface area contributed by atoms with E-state index in [9.17, 15) is 24.6 Å². The first-order valence-corrected chi connectivity index (χ1v) is 7.22. The zero-order chi connectivity index (χ0) is 16.1. The second-order valence-corrected chi connectivity index (χ2v) is 5.52. The highest BCUT2D eigenvalue weighted by Gasteiger charge is 2.37. The van der Waals surface area contributed by atoms with Crippen molar-refractivity contribution in [2.75, 3.05) is 0 Å². The van der Waals surface area contributed by atoms with Gasteiger partial charge in [0.15, 0.2) is 0 Å². The Bertz CT molecular complexity index is 543. The van der Waals surface area contributed by atoms with Gasteiger partial charge in [-0.25, -0.2) is 9.78 Å². The van der Waals surface area contributed by atoms with Crippen LogP contribution in [0.15, 0.2) is 12.5 Å². The number of carbonyl (C=O) groups excluding carboxylic acids is 1. The smallest absolute Gasteiger partial charge is 0.326 e. The molecule has 1 fully saturated rings. The van der Waals surface area contributed by atoms with E-state index in [2.05, 4.69) is 15.3 Å². The fraction of sp³-hybridized carbons (Fsp3) is 0.571. The maximum Gasteiger partial charge on any atom is 0.326 e. The molecule has 0 aromatic carbocycles. The lowest BCUT2D eigenvalue weighted by molar-refractivity contribution is -0.150. The van der Waals surface area contributed by atoms with Gasteiger partial charge in [0.05, 0.1) is 18.2 Å². The topological polar surface area (TPSA) is 132 Å². The fourth-order valence-electron chi connectivity index (χ4n) is 2.84. The van der Waals surface area contributed by atoms with E-state index in [0.717, 1.165) is 12.8 Å². The monoisotopic (exact) mass is 309 g/mol. The summed E-state index contributed by atoms with van der Waals surface area (Å²) in [6.07, 6.45) is 5.47. The van der Waals surface area contributed by atoms with E-state index in [1.54, 1.807) is 0 Å². The normalized spacial score (nSPS) is 22.7. The Kier molecular flexibility index (Phi) is 5.13. The predicted octanol–water partition coefficient (Wildman–Crippen LogP) is 0.413. The Hall–Kier alpha value is -2.38. The third-order valence-corrected chi connectivity index (χ3v) is 4.01. The Balaban J connectivity index is 2.03. The van der Waals surface area contributed by atoms with Gasteiger partial charge in [-0.15, -0.1) is 0 Å². The summed E-state index contributed by atoms with van der Waals surface area (Å²) in [5.41, 5.74) is 0.589. The van der Waals surface area contributed by atoms with Crippen molar-refractivity contribution >= 4 is 17.8 Å². The summed E-state index contributed by atoms with van der Waals surface area (Å²) in [7, 11) is 0. The van der Waals surface area contributed by atoms with Gasteiger partial charge in [0, 0.05) is 18.3 Å². The van der Waals surface area contributed by atoms with E-state index < -0.39 is 35.7 Å². The largest absolute Gasteiger partial charge is 0.481 e. The molecule has 1 aliphatic rings. The lowest BCUT2D eigenvalue weighted by Gasteiger charge is -2.28. The average molecular weight is 309 g/mol. The summed E-state index contributed by atoms with van der Waals surface area (Å²) in [5, 5.41) is 20.9. The number of rotatable bonds is 6. The molecule has 22 heavy (non-hydrogen) atoms. The number of amides is 1. The second-order valence-electron chi connectivity index (χ2n) is 5.52. The predicted molar refractivity (Wildman–Crippen MR) is 74.9 cm³/mol. The van der Waals surface area contributed by atoms with E-state index in [-0.39, 0.29) is 6.42 Å². The van der Waals surface area contributed by atoms with Gasteiger partial charge in [0.25, 0.3) is 0 Å². The number of H-pyrrole nitrogens is 1. The van der Waals surface area contributed by atoms with Crippen LogP contribution in [-0.4, -0.2) is 44.1 Å². The molecule has 1 saturated carbocycles. The molecule has 4 N–H and O–H groups in total. The van der Waals surface area contributed by atoms with Gasteiger partial charge < -0.3 is 20.5 Å². The van der Waals surface area contributed by atoms with Crippen molar-refractivity contribution in [3.05, 3.63) is 18.2 Å². The summed E-state index contributed by atoms with van der Waals surface area (Å²) < 4.78 is 0. The van der Waals surface area contributed by atoms with Crippen LogP contribution in [0.4, 0.5) is 0 Å². The highest BCUT2D eigenvalue weighted by atomic mass is 16.4. The molecule has 3 atom stereocenters. The third kappa shape index (κ3) is 3.84. The molecule has 1 aromatic rings. The minimum Gasteiger partial charge on any atom is -0.481 e. The molecule has 120 valence electrons. The van der Waals surface area contributed by atoms with E-state index >= 15 is 0 Å². The SMILES string of the molecule is O=C(O)[C@H](Cc1cnc[nH]1)NC(=O)[C@H]1CCCC[C@H]1C(=O)O. The van der Waals surface area contributed by atoms with Crippen LogP contribution in [0.2, 0.25) is 0 Å². The first-order valence-electron chi connectivity index (χ1n) is 7.22. The number of carboxylic acid groups (broad SMARTS) is 2. The number of aromatic amines is 1. The van der Waals surface area contributed by atoms with Crippen molar-refractivity contribution in [1.82, 2.24) is 15.3 Å². The van der Waals surface area contributed by atoms with Crippen LogP contribution in [0.3, 0.4) is 0 Å². The van der Waals surface area contributed by atoms with Crippen molar-refractivity contribution in [2.24, 2.45) is 11.8 Å². The Morgan fingerprint density at radius 1 is 1.27 bits per heavy atom. The Morgan fingerprint density at radius 2 is 1.95 bits per heavy atom. The van der Waals surface area contributed by atoms with Crippen LogP contribution < -0.4 is 5.32 Å². The highest BCUT2D eigenvalue weighted by Crippen LogP contribution is 2.30. The van der Waals surface area contributed by atoms with Crippen molar-refractivity contribution in [1.29, 1.82) is 0 Å². The molecule has 0 unspecified atom stereocenters. The number of nitrogens with zero attached hydrogens (tertiary/aromatic N) is 1. The average Bonchev–Trinajstić information content (AvgIpc) is 2.99. The van der Waals surface area contributed by atoms with Gasteiger partial charge in [0.1, 0.15) is 6.04 Å². The van der Waals surface area contributed by atoms with Gasteiger partial charge in [-0.1, -0.05) is 12.8 Å². The highest BCUT2D eigenvalue weighted by molar-refractivity contribution is 5.88. The standard InChI is InChI=1S/C14H19N3O5/c18-12(9-3-1-2-4-10(9)13(19)20)17-11(14(21)22)5-8-6-15-7-16-8/h6-7,9-11H,1-5H2,(H,15,16)(H,17,18)(H,19,20)(H,21,22)/t9-,10+,11-/m0/s1. The van der Waals surface area contributed by atoms with Gasteiger partial charge in [0.2, 0.25) is 5.91 Å². The molecule has 1 heterocycles. The van der Waals surface area contributed by atoms with Gasteiger partial charge in [-0.05, 0) is 12.8 Å². The lowest BCUT2D eigenvalue weighted by atomic mass is 9.78. The Labute approximate surface area is 126 Å². The number of carboxylic acids is 2. The second kappa shape index (κ2) is 7.06. The van der Waals surface area contributed by atoms with Crippen LogP contribution in [0, 0.1) is 11.8 Å². The molecule has 8 nitrogen and oxygen atoms in total. The third-order valence-electron chi connectivity index (χ3n) is 4.01. The van der Waals surface area contributed by atoms with Gasteiger partial charge >= 0.3 is 11.9 Å². The molecule has 0 saturated heterocycles. The molecule has 0 radical (unpaired) electrons. The van der Waals surface area contributed by atoms with E-state index in [1.807, 2.05) is 0 Å². The van der Waals surface area contributed by atoms with Crippen molar-refractivity contribution < 1.29 is 24.6 Å². The molecule has 8 heteroatoms. The summed E-state index contributed by atoms with van der Waals surface area (Å²) in [6, 6.07) is -1.11. The van der Waals surface area contributed by atoms with Crippen molar-refractivity contribution in [3.8, 4) is 0 Å². The van der Waals surface area contributed by atoms with Gasteiger partial charge in [-0.2, -0.15) is 0 Å². The molecule has 0 aliphatic heterocycles. The Morgan fingerprint density at radius 3 is 2.50 bits per heavy atom. The maximum atomic E-state index is 12.3. The minimum atomic E-state index is -1.16. The molecule has 0 spiro atoms. The number of carbonyl (C=O) groups is 3. The fourth-order valence-corrected chi connectivity index (χ4v) is 2.84. The lowest BCUT2D eigenvalue weighted by Crippen LogP contribution is -2.48. The molecule has 1 aromatic heterocycles. The van der Waals surface area contributed by atoms with Crippen LogP contribution in [0.1, 0.15) is 31.4 Å². The zero-order valence-corrected chi connectivity index (χ0v) is 12.0. The summed E-state index contributed by atoms with van der Waals surface area (Å²) >= 11 is 0. The molecule has 1 amide bonds. The van der Waals surface area contributed by atoms with Crippen LogP contribution in [0.5, 0.6) is 0 Å². The van der Waals surface area contributed by atoms with Crippen LogP contribution in [0.25, 0.3) is 0 Å². The van der Waals surface area contributed by atoms with Gasteiger partial charge in [-0.3, -0.25) is 9.59 Å². The van der Waals surface area contributed by atoms with Crippen molar-refractivity contribution in [3.63, 3.8) is 0 Å². The minimum absolute atomic E-state index is 0.0749. The molecular formula is C14H19N3O5. The number of aliphatic carboxylic acids is 2. The first kappa shape index (κ1) is 16.0. The number of hydrogen-bond acceptors (Lipinski definition) is 4. The van der Waals surface area contributed by atoms with E-state index in [0.29, 0.717) is 18.5 Å². The first-order chi connectivity index (χ1) is 10.5. The van der Waals surface area contributed by atoms with E-state index in [1.165, 1.54) is 12.5 Å². The number of aromatic nitrogens is 2. The van der Waals surface area contributed by atoms with Crippen LogP contribution >= 0.6 is 0 Å². The number of nitrogens with one attached hydrogen (secondary N) is 2. The maximum absolute atomic E-state index is 12.3. The summed E-state index contributed by atoms with van der Waals surface area (Å²) in [4.78, 5) is 41.4. The quantitative estimate of drug-likeness (QED) is 0.601. The van der Waals surface area contributed by atoms with Crippen LogP contribution in [-0.2, 0) is 20.8 Å².